The number of benzene rings is 2. The molecule has 3 rings (SSSR count). The number of allylic oxidation sites excluding steroid dienone is 2. The first kappa shape index (κ1) is 11.2. The summed E-state index contributed by atoms with van der Waals surface area (Å²) in [6, 6.07) is 10.3. The molecule has 1 aliphatic carbocycles. The van der Waals surface area contributed by atoms with E-state index in [9.17, 15) is 4.79 Å². The molecular weight excluding hydrogens is 220 g/mol. The van der Waals surface area contributed by atoms with Gasteiger partial charge in [-0.2, -0.15) is 0 Å². The monoisotopic (exact) mass is 236 g/mol. The summed E-state index contributed by atoms with van der Waals surface area (Å²) < 4.78 is 0. The van der Waals surface area contributed by atoms with Gasteiger partial charge in [0.2, 0.25) is 0 Å². The van der Waals surface area contributed by atoms with Crippen LogP contribution < -0.4 is 0 Å². The highest BCUT2D eigenvalue weighted by Gasteiger charge is 2.19. The summed E-state index contributed by atoms with van der Waals surface area (Å²) in [5.41, 5.74) is 3.53. The topological polar surface area (TPSA) is 17.1 Å². The van der Waals surface area contributed by atoms with Gasteiger partial charge in [0, 0.05) is 5.56 Å². The van der Waals surface area contributed by atoms with E-state index in [1.807, 2.05) is 18.2 Å². The predicted molar refractivity (Wildman–Crippen MR) is 75.3 cm³/mol. The molecule has 2 unspecified atom stereocenters. The molecule has 1 nitrogen and oxygen atoms in total. The maximum Gasteiger partial charge on any atom is 0.150 e. The molecule has 0 N–H and O–H groups in total. The minimum atomic E-state index is 0.418. The zero-order valence-electron chi connectivity index (χ0n) is 10.7. The first-order chi connectivity index (χ1) is 8.70. The van der Waals surface area contributed by atoms with Crippen LogP contribution in [0.1, 0.15) is 47.2 Å². The van der Waals surface area contributed by atoms with E-state index in [-0.39, 0.29) is 0 Å². The van der Waals surface area contributed by atoms with E-state index in [1.165, 1.54) is 21.9 Å². The molecule has 0 heterocycles. The minimum Gasteiger partial charge on any atom is -0.298 e. The summed E-state index contributed by atoms with van der Waals surface area (Å²) in [6.07, 6.45) is 5.45. The van der Waals surface area contributed by atoms with Crippen LogP contribution in [0.15, 0.2) is 42.5 Å². The second-order valence-corrected chi connectivity index (χ2v) is 5.13. The van der Waals surface area contributed by atoms with E-state index in [1.54, 1.807) is 0 Å². The Bertz CT molecular complexity index is 652. The van der Waals surface area contributed by atoms with Crippen molar-refractivity contribution in [2.45, 2.75) is 25.7 Å². The highest BCUT2D eigenvalue weighted by Crippen LogP contribution is 2.38. The highest BCUT2D eigenvalue weighted by molar-refractivity contribution is 5.92. The quantitative estimate of drug-likeness (QED) is 0.529. The number of fused-ring (bicyclic) bond motifs is 3. The SMILES string of the molecule is CC1C=CC(C)c2c1ccc1ccc(C=O)cc21. The van der Waals surface area contributed by atoms with Crippen LogP contribution in [0.5, 0.6) is 0 Å². The summed E-state index contributed by atoms with van der Waals surface area (Å²) in [5, 5.41) is 2.44. The fraction of sp³-hybridized carbons (Fsp3) is 0.235. The van der Waals surface area contributed by atoms with Crippen molar-refractivity contribution < 1.29 is 4.79 Å². The molecule has 2 aromatic carbocycles. The van der Waals surface area contributed by atoms with Gasteiger partial charge in [-0.15, -0.1) is 0 Å². The van der Waals surface area contributed by atoms with Crippen molar-refractivity contribution in [3.8, 4) is 0 Å². The van der Waals surface area contributed by atoms with Crippen LogP contribution >= 0.6 is 0 Å². The molecule has 0 aromatic heterocycles. The van der Waals surface area contributed by atoms with Crippen molar-refractivity contribution in [3.63, 3.8) is 0 Å². The van der Waals surface area contributed by atoms with E-state index in [0.29, 0.717) is 11.8 Å². The van der Waals surface area contributed by atoms with E-state index in [2.05, 4.69) is 38.1 Å². The van der Waals surface area contributed by atoms with Gasteiger partial charge in [0.15, 0.2) is 0 Å². The summed E-state index contributed by atoms with van der Waals surface area (Å²) in [6.45, 7) is 4.44. The van der Waals surface area contributed by atoms with Gasteiger partial charge in [-0.25, -0.2) is 0 Å². The van der Waals surface area contributed by atoms with E-state index in [4.69, 9.17) is 0 Å². The fourth-order valence-corrected chi connectivity index (χ4v) is 2.89. The van der Waals surface area contributed by atoms with E-state index >= 15 is 0 Å². The lowest BCUT2D eigenvalue weighted by atomic mass is 9.80. The minimum absolute atomic E-state index is 0.418. The van der Waals surface area contributed by atoms with Crippen LogP contribution in [0.3, 0.4) is 0 Å². The third kappa shape index (κ3) is 1.59. The van der Waals surface area contributed by atoms with Crippen molar-refractivity contribution in [1.29, 1.82) is 0 Å². The Morgan fingerprint density at radius 3 is 2.50 bits per heavy atom. The smallest absolute Gasteiger partial charge is 0.150 e. The Morgan fingerprint density at radius 2 is 1.72 bits per heavy atom. The van der Waals surface area contributed by atoms with Gasteiger partial charge >= 0.3 is 0 Å². The number of carbonyl (C=O) groups is 1. The third-order valence-electron chi connectivity index (χ3n) is 3.89. The van der Waals surface area contributed by atoms with Gasteiger partial charge in [0.05, 0.1) is 0 Å². The first-order valence-corrected chi connectivity index (χ1v) is 6.41. The van der Waals surface area contributed by atoms with Crippen molar-refractivity contribution in [1.82, 2.24) is 0 Å². The van der Waals surface area contributed by atoms with Crippen LogP contribution in [-0.2, 0) is 0 Å². The first-order valence-electron chi connectivity index (χ1n) is 6.41. The second-order valence-electron chi connectivity index (χ2n) is 5.13. The number of aldehydes is 1. The van der Waals surface area contributed by atoms with Gasteiger partial charge in [-0.05, 0) is 39.8 Å². The normalized spacial score (nSPS) is 21.9. The average Bonchev–Trinajstić information content (AvgIpc) is 2.41. The Kier molecular flexibility index (Phi) is 2.55. The Balaban J connectivity index is 2.37. The number of hydrogen-bond acceptors (Lipinski definition) is 1. The van der Waals surface area contributed by atoms with Crippen molar-refractivity contribution in [2.24, 2.45) is 0 Å². The summed E-state index contributed by atoms with van der Waals surface area (Å²) >= 11 is 0. The molecule has 0 aliphatic heterocycles. The van der Waals surface area contributed by atoms with Crippen LogP contribution in [0.2, 0.25) is 0 Å². The van der Waals surface area contributed by atoms with Crippen molar-refractivity contribution in [3.05, 3.63) is 59.2 Å². The molecule has 1 heteroatoms. The van der Waals surface area contributed by atoms with Gasteiger partial charge < -0.3 is 0 Å². The Hall–Kier alpha value is -1.89. The summed E-state index contributed by atoms with van der Waals surface area (Å²) in [7, 11) is 0. The lowest BCUT2D eigenvalue weighted by Gasteiger charge is -2.24. The van der Waals surface area contributed by atoms with Crippen molar-refractivity contribution >= 4 is 17.1 Å². The van der Waals surface area contributed by atoms with Crippen molar-refractivity contribution in [2.75, 3.05) is 0 Å². The van der Waals surface area contributed by atoms with Crippen LogP contribution in [-0.4, -0.2) is 6.29 Å². The van der Waals surface area contributed by atoms with Crippen LogP contribution in [0.25, 0.3) is 10.8 Å². The zero-order valence-corrected chi connectivity index (χ0v) is 10.7. The largest absolute Gasteiger partial charge is 0.298 e. The second kappa shape index (κ2) is 4.09. The number of carbonyl (C=O) groups excluding carboxylic acids is 1. The predicted octanol–water partition coefficient (Wildman–Crippen LogP) is 4.43. The standard InChI is InChI=1S/C17H16O/c1-11-3-4-12(2)17-15(11)8-7-14-6-5-13(10-18)9-16(14)17/h3-12H,1-2H3. The molecule has 18 heavy (non-hydrogen) atoms. The van der Waals surface area contributed by atoms with Gasteiger partial charge in [-0.1, -0.05) is 50.3 Å². The lowest BCUT2D eigenvalue weighted by Crippen LogP contribution is -2.06. The molecule has 0 radical (unpaired) electrons. The average molecular weight is 236 g/mol. The molecule has 2 atom stereocenters. The van der Waals surface area contributed by atoms with E-state index < -0.39 is 0 Å². The van der Waals surface area contributed by atoms with E-state index in [0.717, 1.165) is 11.8 Å². The van der Waals surface area contributed by atoms with Crippen LogP contribution in [0, 0.1) is 0 Å². The molecule has 0 fully saturated rings. The molecule has 0 saturated heterocycles. The Morgan fingerprint density at radius 1 is 1.00 bits per heavy atom. The molecule has 0 saturated carbocycles. The fourth-order valence-electron chi connectivity index (χ4n) is 2.89. The zero-order chi connectivity index (χ0) is 12.7. The number of hydrogen-bond donors (Lipinski definition) is 0. The molecule has 2 aromatic rings. The molecule has 1 aliphatic rings. The van der Waals surface area contributed by atoms with Crippen LogP contribution in [0.4, 0.5) is 0 Å². The Labute approximate surface area is 107 Å². The molecule has 0 amide bonds. The third-order valence-corrected chi connectivity index (χ3v) is 3.89. The maximum atomic E-state index is 11.0. The lowest BCUT2D eigenvalue weighted by molar-refractivity contribution is 0.112. The molecule has 90 valence electrons. The summed E-state index contributed by atoms with van der Waals surface area (Å²) in [4.78, 5) is 11.0. The van der Waals surface area contributed by atoms with Gasteiger partial charge in [0.25, 0.3) is 0 Å². The van der Waals surface area contributed by atoms with Gasteiger partial charge in [-0.3, -0.25) is 4.79 Å². The highest BCUT2D eigenvalue weighted by atomic mass is 16.1. The molecule has 0 spiro atoms. The molecule has 0 bridgehead atoms. The van der Waals surface area contributed by atoms with Gasteiger partial charge in [0.1, 0.15) is 6.29 Å². The maximum absolute atomic E-state index is 11.0. The molecular formula is C17H16O. The number of rotatable bonds is 1. The summed E-state index contributed by atoms with van der Waals surface area (Å²) in [5.74, 6) is 0.877.